The Bertz CT molecular complexity index is 967. The molecule has 5 nitrogen and oxygen atoms in total. The third kappa shape index (κ3) is 4.76. The van der Waals surface area contributed by atoms with Gasteiger partial charge < -0.3 is 15.4 Å². The van der Waals surface area contributed by atoms with Crippen LogP contribution in [0, 0.1) is 6.92 Å². The van der Waals surface area contributed by atoms with Crippen molar-refractivity contribution in [2.45, 2.75) is 13.5 Å². The molecular formula is C23H22N2O3. The number of carbonyl (C=O) groups excluding carboxylic acids is 2. The summed E-state index contributed by atoms with van der Waals surface area (Å²) in [4.78, 5) is 24.6. The summed E-state index contributed by atoms with van der Waals surface area (Å²) in [5.41, 5.74) is 3.72. The fourth-order valence-electron chi connectivity index (χ4n) is 2.76. The van der Waals surface area contributed by atoms with E-state index < -0.39 is 0 Å². The number of hydrogen-bond acceptors (Lipinski definition) is 3. The SMILES string of the molecule is COc1ccc(C)cc1NC(=O)c1ccc(CNC(=O)c2ccccc2)cc1. The molecule has 2 amide bonds. The van der Waals surface area contributed by atoms with Crippen LogP contribution in [0.5, 0.6) is 5.75 Å². The first-order chi connectivity index (χ1) is 13.6. The second-order valence-corrected chi connectivity index (χ2v) is 6.40. The number of methoxy groups -OCH3 is 1. The molecule has 0 aliphatic heterocycles. The fourth-order valence-corrected chi connectivity index (χ4v) is 2.76. The quantitative estimate of drug-likeness (QED) is 0.680. The lowest BCUT2D eigenvalue weighted by molar-refractivity contribution is 0.0949. The number of carbonyl (C=O) groups is 2. The van der Waals surface area contributed by atoms with Gasteiger partial charge in [-0.25, -0.2) is 0 Å². The highest BCUT2D eigenvalue weighted by Crippen LogP contribution is 2.25. The summed E-state index contributed by atoms with van der Waals surface area (Å²) in [5.74, 6) is 0.261. The highest BCUT2D eigenvalue weighted by Gasteiger charge is 2.10. The van der Waals surface area contributed by atoms with Crippen LogP contribution in [0.2, 0.25) is 0 Å². The van der Waals surface area contributed by atoms with Crippen molar-refractivity contribution in [2.24, 2.45) is 0 Å². The van der Waals surface area contributed by atoms with Gasteiger partial charge in [0.25, 0.3) is 11.8 Å². The maximum atomic E-state index is 12.5. The normalized spacial score (nSPS) is 10.2. The molecule has 0 saturated heterocycles. The van der Waals surface area contributed by atoms with Crippen molar-refractivity contribution in [1.82, 2.24) is 5.32 Å². The fraction of sp³-hybridized carbons (Fsp3) is 0.130. The van der Waals surface area contributed by atoms with E-state index in [2.05, 4.69) is 10.6 Å². The first-order valence-electron chi connectivity index (χ1n) is 8.95. The first kappa shape index (κ1) is 19.2. The average Bonchev–Trinajstić information content (AvgIpc) is 2.73. The van der Waals surface area contributed by atoms with Crippen LogP contribution in [0.15, 0.2) is 72.8 Å². The Morgan fingerprint density at radius 1 is 0.857 bits per heavy atom. The van der Waals surface area contributed by atoms with E-state index in [1.54, 1.807) is 31.4 Å². The lowest BCUT2D eigenvalue weighted by atomic mass is 10.1. The van der Waals surface area contributed by atoms with Gasteiger partial charge in [0.05, 0.1) is 12.8 Å². The van der Waals surface area contributed by atoms with Gasteiger partial charge in [-0.2, -0.15) is 0 Å². The highest BCUT2D eigenvalue weighted by atomic mass is 16.5. The lowest BCUT2D eigenvalue weighted by Gasteiger charge is -2.11. The largest absolute Gasteiger partial charge is 0.495 e. The number of hydrogen-bond donors (Lipinski definition) is 2. The highest BCUT2D eigenvalue weighted by molar-refractivity contribution is 6.05. The van der Waals surface area contributed by atoms with Crippen molar-refractivity contribution in [3.05, 3.63) is 95.1 Å². The molecule has 5 heteroatoms. The summed E-state index contributed by atoms with van der Waals surface area (Å²) in [6.07, 6.45) is 0. The lowest BCUT2D eigenvalue weighted by Crippen LogP contribution is -2.22. The van der Waals surface area contributed by atoms with Crippen LogP contribution >= 0.6 is 0 Å². The molecule has 2 N–H and O–H groups in total. The van der Waals surface area contributed by atoms with Gasteiger partial charge in [0.15, 0.2) is 0 Å². The van der Waals surface area contributed by atoms with Gasteiger partial charge >= 0.3 is 0 Å². The Labute approximate surface area is 164 Å². The van der Waals surface area contributed by atoms with Crippen LogP contribution in [0.1, 0.15) is 31.8 Å². The number of ether oxygens (including phenoxy) is 1. The number of rotatable bonds is 6. The molecule has 0 radical (unpaired) electrons. The zero-order valence-electron chi connectivity index (χ0n) is 15.9. The Kier molecular flexibility index (Phi) is 6.07. The van der Waals surface area contributed by atoms with Gasteiger partial charge in [0.1, 0.15) is 5.75 Å². The van der Waals surface area contributed by atoms with Crippen molar-refractivity contribution < 1.29 is 14.3 Å². The molecule has 0 aliphatic rings. The number of amides is 2. The minimum Gasteiger partial charge on any atom is -0.495 e. The van der Waals surface area contributed by atoms with E-state index in [4.69, 9.17) is 4.74 Å². The van der Waals surface area contributed by atoms with E-state index in [1.807, 2.05) is 55.5 Å². The van der Waals surface area contributed by atoms with Crippen LogP contribution in [0.25, 0.3) is 0 Å². The molecule has 0 saturated carbocycles. The standard InChI is InChI=1S/C23H22N2O3/c1-16-8-13-21(28-2)20(14-16)25-23(27)19-11-9-17(10-12-19)15-24-22(26)18-6-4-3-5-7-18/h3-14H,15H2,1-2H3,(H,24,26)(H,25,27). The van der Waals surface area contributed by atoms with Gasteiger partial charge in [-0.1, -0.05) is 36.4 Å². The number of aryl methyl sites for hydroxylation is 1. The maximum Gasteiger partial charge on any atom is 0.255 e. The summed E-state index contributed by atoms with van der Waals surface area (Å²) in [6, 6.07) is 21.8. The number of nitrogens with one attached hydrogen (secondary N) is 2. The van der Waals surface area contributed by atoms with Crippen LogP contribution in [0.4, 0.5) is 5.69 Å². The Balaban J connectivity index is 1.62. The Morgan fingerprint density at radius 2 is 1.54 bits per heavy atom. The van der Waals surface area contributed by atoms with Crippen LogP contribution in [0.3, 0.4) is 0 Å². The zero-order chi connectivity index (χ0) is 19.9. The number of benzene rings is 3. The van der Waals surface area contributed by atoms with E-state index in [0.29, 0.717) is 29.1 Å². The van der Waals surface area contributed by atoms with E-state index >= 15 is 0 Å². The molecule has 0 unspecified atom stereocenters. The third-order valence-electron chi connectivity index (χ3n) is 4.31. The molecule has 28 heavy (non-hydrogen) atoms. The van der Waals surface area contributed by atoms with Crippen LogP contribution in [-0.2, 0) is 6.54 Å². The average molecular weight is 374 g/mol. The monoisotopic (exact) mass is 374 g/mol. The molecule has 0 fully saturated rings. The Morgan fingerprint density at radius 3 is 2.21 bits per heavy atom. The predicted octanol–water partition coefficient (Wildman–Crippen LogP) is 4.19. The summed E-state index contributed by atoms with van der Waals surface area (Å²) in [6.45, 7) is 2.34. The van der Waals surface area contributed by atoms with E-state index in [1.165, 1.54) is 0 Å². The summed E-state index contributed by atoms with van der Waals surface area (Å²) < 4.78 is 5.29. The summed E-state index contributed by atoms with van der Waals surface area (Å²) in [7, 11) is 1.57. The first-order valence-corrected chi connectivity index (χ1v) is 8.95. The number of anilines is 1. The van der Waals surface area contributed by atoms with Crippen LogP contribution in [-0.4, -0.2) is 18.9 Å². The molecule has 0 bridgehead atoms. The van der Waals surface area contributed by atoms with Gasteiger partial charge in [0.2, 0.25) is 0 Å². The molecule has 0 aromatic heterocycles. The van der Waals surface area contributed by atoms with Crippen molar-refractivity contribution in [3.63, 3.8) is 0 Å². The molecular weight excluding hydrogens is 352 g/mol. The topological polar surface area (TPSA) is 67.4 Å². The summed E-state index contributed by atoms with van der Waals surface area (Å²) >= 11 is 0. The minimum atomic E-state index is -0.219. The Hall–Kier alpha value is -3.60. The van der Waals surface area contributed by atoms with Gasteiger partial charge in [-0.05, 0) is 54.4 Å². The van der Waals surface area contributed by atoms with E-state index in [9.17, 15) is 9.59 Å². The molecule has 142 valence electrons. The van der Waals surface area contributed by atoms with Crippen molar-refractivity contribution >= 4 is 17.5 Å². The predicted molar refractivity (Wildman–Crippen MR) is 110 cm³/mol. The molecule has 0 heterocycles. The smallest absolute Gasteiger partial charge is 0.255 e. The second-order valence-electron chi connectivity index (χ2n) is 6.40. The molecule has 0 spiro atoms. The summed E-state index contributed by atoms with van der Waals surface area (Å²) in [5, 5.41) is 5.75. The van der Waals surface area contributed by atoms with Crippen LogP contribution < -0.4 is 15.4 Å². The minimum absolute atomic E-state index is 0.131. The van der Waals surface area contributed by atoms with Crippen molar-refractivity contribution in [3.8, 4) is 5.75 Å². The van der Waals surface area contributed by atoms with E-state index in [0.717, 1.165) is 11.1 Å². The molecule has 0 atom stereocenters. The molecule has 3 rings (SSSR count). The molecule has 3 aromatic rings. The van der Waals surface area contributed by atoms with Gasteiger partial charge in [-0.3, -0.25) is 9.59 Å². The van der Waals surface area contributed by atoms with Crippen molar-refractivity contribution in [2.75, 3.05) is 12.4 Å². The van der Waals surface area contributed by atoms with Gasteiger partial charge in [0, 0.05) is 17.7 Å². The molecule has 3 aromatic carbocycles. The van der Waals surface area contributed by atoms with E-state index in [-0.39, 0.29) is 11.8 Å². The second kappa shape index (κ2) is 8.86. The third-order valence-corrected chi connectivity index (χ3v) is 4.31. The zero-order valence-corrected chi connectivity index (χ0v) is 15.9. The van der Waals surface area contributed by atoms with Gasteiger partial charge in [-0.15, -0.1) is 0 Å². The maximum absolute atomic E-state index is 12.5. The molecule has 0 aliphatic carbocycles. The van der Waals surface area contributed by atoms with Crippen molar-refractivity contribution in [1.29, 1.82) is 0 Å².